The van der Waals surface area contributed by atoms with Crippen molar-refractivity contribution in [3.8, 4) is 22.5 Å². The Morgan fingerprint density at radius 1 is 0.881 bits per heavy atom. The van der Waals surface area contributed by atoms with Crippen LogP contribution < -0.4 is 5.56 Å². The molecule has 6 rings (SSSR count). The van der Waals surface area contributed by atoms with Crippen LogP contribution in [0.25, 0.3) is 33.4 Å². The molecule has 2 heterocycles. The molecule has 0 aliphatic heterocycles. The summed E-state index contributed by atoms with van der Waals surface area (Å²) in [4.78, 5) is 19.0. The Morgan fingerprint density at radius 3 is 2.36 bits per heavy atom. The molecule has 210 valence electrons. The number of aryl methyl sites for hydroxylation is 1. The first-order valence-corrected chi connectivity index (χ1v) is 14.2. The van der Waals surface area contributed by atoms with E-state index in [1.54, 1.807) is 7.11 Å². The van der Waals surface area contributed by atoms with Crippen molar-refractivity contribution in [2.45, 2.75) is 38.8 Å². The molecule has 1 atom stereocenters. The molecule has 0 aliphatic rings. The summed E-state index contributed by atoms with van der Waals surface area (Å²) < 4.78 is 7.68. The van der Waals surface area contributed by atoms with Crippen LogP contribution in [-0.4, -0.2) is 37.3 Å². The van der Waals surface area contributed by atoms with E-state index in [0.29, 0.717) is 23.3 Å². The largest absolute Gasteiger partial charge is 0.372 e. The topological polar surface area (TPSA) is 98.6 Å². The van der Waals surface area contributed by atoms with Gasteiger partial charge in [0.2, 0.25) is 0 Å². The fourth-order valence-electron chi connectivity index (χ4n) is 5.42. The Kier molecular flexibility index (Phi) is 7.96. The lowest BCUT2D eigenvalue weighted by molar-refractivity contribution is 0.136. The van der Waals surface area contributed by atoms with Crippen LogP contribution in [0.4, 0.5) is 0 Å². The molecule has 2 aromatic heterocycles. The quantitative estimate of drug-likeness (QED) is 0.211. The minimum atomic E-state index is -0.272. The van der Waals surface area contributed by atoms with Crippen molar-refractivity contribution in [2.75, 3.05) is 7.11 Å². The molecule has 1 N–H and O–H groups in total. The third-order valence-electron chi connectivity index (χ3n) is 7.59. The van der Waals surface area contributed by atoms with Crippen LogP contribution in [0.1, 0.15) is 48.4 Å². The molecule has 0 aliphatic carbocycles. The number of nitrogens with one attached hydrogen (secondary N) is 1. The lowest BCUT2D eigenvalue weighted by Gasteiger charge is -2.18. The standard InChI is InChI=1S/C34H32N6O2/c1-3-4-14-31-35-30-20-19-26(32(42-2)25-10-6-5-7-11-25)21-29(30)34(41)40(31)22-23-15-17-24(18-16-23)27-12-8-9-13-28(27)33-36-38-39-37-33/h5-13,15-21,32H,3-4,14,22H2,1-2H3,(H,36,37,38,39). The number of methoxy groups -OCH3 is 1. The SMILES string of the molecule is CCCCc1nc2ccc(C(OC)c3ccccc3)cc2c(=O)n1Cc1ccc(-c2ccccc2-c2nnn[nH]2)cc1. The number of benzene rings is 4. The maximum atomic E-state index is 14.0. The first kappa shape index (κ1) is 27.2. The average molecular weight is 557 g/mol. The highest BCUT2D eigenvalue weighted by Crippen LogP contribution is 2.30. The summed E-state index contributed by atoms with van der Waals surface area (Å²) in [5, 5.41) is 15.0. The van der Waals surface area contributed by atoms with E-state index in [9.17, 15) is 4.79 Å². The second-order valence-corrected chi connectivity index (χ2v) is 10.3. The van der Waals surface area contributed by atoms with Crippen LogP contribution in [0.2, 0.25) is 0 Å². The van der Waals surface area contributed by atoms with Crippen molar-refractivity contribution in [1.29, 1.82) is 0 Å². The third kappa shape index (κ3) is 5.49. The highest BCUT2D eigenvalue weighted by atomic mass is 16.5. The van der Waals surface area contributed by atoms with Crippen molar-refractivity contribution in [3.63, 3.8) is 0 Å². The summed E-state index contributed by atoms with van der Waals surface area (Å²) >= 11 is 0. The van der Waals surface area contributed by atoms with Gasteiger partial charge in [-0.2, -0.15) is 0 Å². The van der Waals surface area contributed by atoms with Crippen LogP contribution in [0.5, 0.6) is 0 Å². The summed E-state index contributed by atoms with van der Waals surface area (Å²) in [6, 6.07) is 32.2. The van der Waals surface area contributed by atoms with E-state index < -0.39 is 0 Å². The van der Waals surface area contributed by atoms with Gasteiger partial charge in [0.05, 0.1) is 17.4 Å². The fraction of sp³-hybridized carbons (Fsp3) is 0.206. The van der Waals surface area contributed by atoms with Crippen molar-refractivity contribution >= 4 is 10.9 Å². The molecule has 4 aromatic carbocycles. The first-order valence-electron chi connectivity index (χ1n) is 14.2. The third-order valence-corrected chi connectivity index (χ3v) is 7.59. The zero-order valence-electron chi connectivity index (χ0n) is 23.7. The number of aromatic amines is 1. The van der Waals surface area contributed by atoms with E-state index in [0.717, 1.165) is 58.5 Å². The normalized spacial score (nSPS) is 12.0. The van der Waals surface area contributed by atoms with Gasteiger partial charge in [0.15, 0.2) is 5.82 Å². The van der Waals surface area contributed by atoms with Gasteiger partial charge < -0.3 is 4.74 Å². The zero-order chi connectivity index (χ0) is 28.9. The average Bonchev–Trinajstić information content (AvgIpc) is 3.58. The number of H-pyrrole nitrogens is 1. The van der Waals surface area contributed by atoms with Gasteiger partial charge in [0.25, 0.3) is 5.56 Å². The molecular formula is C34H32N6O2. The molecule has 0 bridgehead atoms. The monoisotopic (exact) mass is 556 g/mol. The molecule has 0 radical (unpaired) electrons. The number of nitrogens with zero attached hydrogens (tertiary/aromatic N) is 5. The van der Waals surface area contributed by atoms with Crippen LogP contribution in [0.15, 0.2) is 102 Å². The van der Waals surface area contributed by atoms with E-state index >= 15 is 0 Å². The van der Waals surface area contributed by atoms with Crippen LogP contribution >= 0.6 is 0 Å². The van der Waals surface area contributed by atoms with Gasteiger partial charge in [0.1, 0.15) is 11.9 Å². The molecule has 6 aromatic rings. The first-order chi connectivity index (χ1) is 20.7. The Labute approximate surface area is 244 Å². The second-order valence-electron chi connectivity index (χ2n) is 10.3. The van der Waals surface area contributed by atoms with E-state index in [1.165, 1.54) is 0 Å². The van der Waals surface area contributed by atoms with Gasteiger partial charge in [0, 0.05) is 19.1 Å². The number of tetrazole rings is 1. The van der Waals surface area contributed by atoms with Crippen molar-refractivity contribution < 1.29 is 4.74 Å². The molecule has 0 saturated carbocycles. The smallest absolute Gasteiger partial charge is 0.261 e. The minimum Gasteiger partial charge on any atom is -0.372 e. The lowest BCUT2D eigenvalue weighted by Crippen LogP contribution is -2.26. The maximum Gasteiger partial charge on any atom is 0.261 e. The fourth-order valence-corrected chi connectivity index (χ4v) is 5.42. The molecule has 1 unspecified atom stereocenters. The Bertz CT molecular complexity index is 1850. The maximum absolute atomic E-state index is 14.0. The van der Waals surface area contributed by atoms with Crippen LogP contribution in [0, 0.1) is 0 Å². The predicted octanol–water partition coefficient (Wildman–Crippen LogP) is 6.37. The summed E-state index contributed by atoms with van der Waals surface area (Å²) in [5.74, 6) is 1.42. The molecule has 8 nitrogen and oxygen atoms in total. The molecule has 0 spiro atoms. The number of unbranched alkanes of at least 4 members (excludes halogenated alkanes) is 1. The van der Waals surface area contributed by atoms with Gasteiger partial charge in [-0.05, 0) is 56.8 Å². The van der Waals surface area contributed by atoms with E-state index in [4.69, 9.17) is 9.72 Å². The minimum absolute atomic E-state index is 0.0388. The lowest BCUT2D eigenvalue weighted by atomic mass is 9.98. The summed E-state index contributed by atoms with van der Waals surface area (Å²) in [6.45, 7) is 2.58. The Morgan fingerprint density at radius 2 is 1.64 bits per heavy atom. The Hall–Kier alpha value is -4.95. The highest BCUT2D eigenvalue weighted by Gasteiger charge is 2.17. The molecule has 0 amide bonds. The zero-order valence-corrected chi connectivity index (χ0v) is 23.7. The van der Waals surface area contributed by atoms with Crippen molar-refractivity contribution in [1.82, 2.24) is 30.2 Å². The Balaban J connectivity index is 1.37. The van der Waals surface area contributed by atoms with Crippen LogP contribution in [-0.2, 0) is 17.7 Å². The molecule has 0 saturated heterocycles. The van der Waals surface area contributed by atoms with Crippen molar-refractivity contribution in [2.24, 2.45) is 0 Å². The van der Waals surface area contributed by atoms with E-state index in [2.05, 4.69) is 51.8 Å². The number of hydrogen-bond donors (Lipinski definition) is 1. The van der Waals surface area contributed by atoms with Crippen LogP contribution in [0.3, 0.4) is 0 Å². The number of rotatable bonds is 10. The number of ether oxygens (including phenoxy) is 1. The van der Waals surface area contributed by atoms with E-state index in [-0.39, 0.29) is 11.7 Å². The number of hydrogen-bond acceptors (Lipinski definition) is 6. The van der Waals surface area contributed by atoms with E-state index in [1.807, 2.05) is 77.4 Å². The van der Waals surface area contributed by atoms with Crippen molar-refractivity contribution in [3.05, 3.63) is 130 Å². The van der Waals surface area contributed by atoms with Gasteiger partial charge in [-0.15, -0.1) is 5.10 Å². The highest BCUT2D eigenvalue weighted by molar-refractivity contribution is 5.80. The van der Waals surface area contributed by atoms with Gasteiger partial charge in [-0.1, -0.05) is 98.3 Å². The molecular weight excluding hydrogens is 524 g/mol. The van der Waals surface area contributed by atoms with Gasteiger partial charge >= 0.3 is 0 Å². The summed E-state index contributed by atoms with van der Waals surface area (Å²) in [7, 11) is 1.69. The summed E-state index contributed by atoms with van der Waals surface area (Å²) in [5.41, 5.74) is 6.64. The molecule has 0 fully saturated rings. The number of fused-ring (bicyclic) bond motifs is 1. The molecule has 42 heavy (non-hydrogen) atoms. The second kappa shape index (κ2) is 12.3. The predicted molar refractivity (Wildman–Crippen MR) is 164 cm³/mol. The van der Waals surface area contributed by atoms with Gasteiger partial charge in [-0.25, -0.2) is 10.1 Å². The summed E-state index contributed by atoms with van der Waals surface area (Å²) in [6.07, 6.45) is 2.45. The number of aromatic nitrogens is 6. The van der Waals surface area contributed by atoms with Gasteiger partial charge in [-0.3, -0.25) is 9.36 Å². The molecule has 8 heteroatoms.